The topological polar surface area (TPSA) is 92.4 Å². The van der Waals surface area contributed by atoms with E-state index in [4.69, 9.17) is 22.4 Å². The number of carboxylic acids is 1. The summed E-state index contributed by atoms with van der Waals surface area (Å²) in [7, 11) is 0. The highest BCUT2D eigenvalue weighted by molar-refractivity contribution is 6.31. The van der Waals surface area contributed by atoms with Crippen LogP contribution in [0.2, 0.25) is 5.02 Å². The lowest BCUT2D eigenvalue weighted by Crippen LogP contribution is -2.15. The van der Waals surface area contributed by atoms with Crippen molar-refractivity contribution < 1.29 is 14.7 Å². The van der Waals surface area contributed by atoms with Crippen LogP contribution in [0.5, 0.6) is 0 Å². The first-order valence-corrected chi connectivity index (χ1v) is 6.52. The molecule has 4 N–H and O–H groups in total. The van der Waals surface area contributed by atoms with Crippen LogP contribution in [0.1, 0.15) is 26.3 Å². The SMILES string of the molecule is NCc1ccc(C(=O)Nc2cc(Cl)ccc2C(=O)O)cc1. The van der Waals surface area contributed by atoms with Gasteiger partial charge in [-0.1, -0.05) is 23.7 Å². The van der Waals surface area contributed by atoms with Crippen molar-refractivity contribution in [3.8, 4) is 0 Å². The molecule has 0 spiro atoms. The molecular formula is C15H13ClN2O3. The number of carbonyl (C=O) groups excluding carboxylic acids is 1. The first kappa shape index (κ1) is 15.0. The van der Waals surface area contributed by atoms with Gasteiger partial charge in [0, 0.05) is 17.1 Å². The minimum atomic E-state index is -1.14. The Morgan fingerprint density at radius 2 is 1.81 bits per heavy atom. The highest BCUT2D eigenvalue weighted by atomic mass is 35.5. The van der Waals surface area contributed by atoms with Gasteiger partial charge in [0.05, 0.1) is 11.3 Å². The lowest BCUT2D eigenvalue weighted by atomic mass is 10.1. The summed E-state index contributed by atoms with van der Waals surface area (Å²) in [5.74, 6) is -1.55. The zero-order valence-electron chi connectivity index (χ0n) is 11.0. The lowest BCUT2D eigenvalue weighted by molar-refractivity contribution is 0.0698. The minimum absolute atomic E-state index is 0.0219. The molecule has 0 aliphatic carbocycles. The molecule has 2 aromatic rings. The number of nitrogens with two attached hydrogens (primary N) is 1. The van der Waals surface area contributed by atoms with Crippen LogP contribution >= 0.6 is 11.6 Å². The van der Waals surface area contributed by atoms with Crippen molar-refractivity contribution in [2.45, 2.75) is 6.54 Å². The fourth-order valence-electron chi connectivity index (χ4n) is 1.79. The molecule has 0 fully saturated rings. The highest BCUT2D eigenvalue weighted by Gasteiger charge is 2.14. The maximum absolute atomic E-state index is 12.1. The van der Waals surface area contributed by atoms with Gasteiger partial charge in [0.25, 0.3) is 5.91 Å². The fraction of sp³-hybridized carbons (Fsp3) is 0.0667. The molecule has 0 aromatic heterocycles. The number of aromatic carboxylic acids is 1. The summed E-state index contributed by atoms with van der Waals surface area (Å²) >= 11 is 5.83. The number of nitrogens with one attached hydrogen (secondary N) is 1. The number of anilines is 1. The maximum atomic E-state index is 12.1. The van der Waals surface area contributed by atoms with E-state index in [1.807, 2.05) is 0 Å². The molecular weight excluding hydrogens is 292 g/mol. The second-order valence-electron chi connectivity index (χ2n) is 4.35. The number of rotatable bonds is 4. The molecule has 0 saturated heterocycles. The Kier molecular flexibility index (Phi) is 4.57. The van der Waals surface area contributed by atoms with E-state index < -0.39 is 11.9 Å². The third kappa shape index (κ3) is 3.59. The zero-order valence-corrected chi connectivity index (χ0v) is 11.7. The van der Waals surface area contributed by atoms with Gasteiger partial charge in [0.15, 0.2) is 0 Å². The van der Waals surface area contributed by atoms with Crippen LogP contribution in [0.3, 0.4) is 0 Å². The summed E-state index contributed by atoms with van der Waals surface area (Å²) in [5, 5.41) is 12.0. The van der Waals surface area contributed by atoms with E-state index in [1.54, 1.807) is 24.3 Å². The van der Waals surface area contributed by atoms with Gasteiger partial charge in [0.2, 0.25) is 0 Å². The Balaban J connectivity index is 2.26. The van der Waals surface area contributed by atoms with Gasteiger partial charge < -0.3 is 16.2 Å². The molecule has 2 rings (SSSR count). The van der Waals surface area contributed by atoms with Crippen LogP contribution in [0.4, 0.5) is 5.69 Å². The number of carbonyl (C=O) groups is 2. The molecule has 0 saturated carbocycles. The van der Waals surface area contributed by atoms with Crippen LogP contribution in [0.15, 0.2) is 42.5 Å². The second kappa shape index (κ2) is 6.39. The standard InChI is InChI=1S/C15H13ClN2O3/c16-11-5-6-12(15(20)21)13(7-11)18-14(19)10-3-1-9(8-17)2-4-10/h1-7H,8,17H2,(H,18,19)(H,20,21). The molecule has 0 aliphatic rings. The summed E-state index contributed by atoms with van der Waals surface area (Å²) in [6.07, 6.45) is 0. The summed E-state index contributed by atoms with van der Waals surface area (Å²) in [4.78, 5) is 23.2. The van der Waals surface area contributed by atoms with E-state index in [1.165, 1.54) is 18.2 Å². The molecule has 0 radical (unpaired) electrons. The Morgan fingerprint density at radius 1 is 1.14 bits per heavy atom. The van der Waals surface area contributed by atoms with E-state index in [0.717, 1.165) is 5.56 Å². The van der Waals surface area contributed by atoms with E-state index in [9.17, 15) is 9.59 Å². The Hall–Kier alpha value is -2.37. The molecule has 5 nitrogen and oxygen atoms in total. The number of amides is 1. The van der Waals surface area contributed by atoms with E-state index in [2.05, 4.69) is 5.32 Å². The van der Waals surface area contributed by atoms with Crippen molar-refractivity contribution in [3.63, 3.8) is 0 Å². The summed E-state index contributed by atoms with van der Waals surface area (Å²) in [6.45, 7) is 0.388. The summed E-state index contributed by atoms with van der Waals surface area (Å²) in [6, 6.07) is 10.9. The van der Waals surface area contributed by atoms with Crippen molar-refractivity contribution in [2.24, 2.45) is 5.73 Å². The zero-order chi connectivity index (χ0) is 15.4. The average Bonchev–Trinajstić information content (AvgIpc) is 2.47. The van der Waals surface area contributed by atoms with Gasteiger partial charge in [0.1, 0.15) is 0 Å². The fourth-order valence-corrected chi connectivity index (χ4v) is 1.97. The van der Waals surface area contributed by atoms with Crippen LogP contribution in [0.25, 0.3) is 0 Å². The van der Waals surface area contributed by atoms with Gasteiger partial charge in [-0.3, -0.25) is 4.79 Å². The Labute approximate surface area is 126 Å². The predicted octanol–water partition coefficient (Wildman–Crippen LogP) is 2.75. The van der Waals surface area contributed by atoms with Crippen molar-refractivity contribution in [2.75, 3.05) is 5.32 Å². The third-order valence-electron chi connectivity index (χ3n) is 2.91. The molecule has 1 amide bonds. The van der Waals surface area contributed by atoms with Crippen LogP contribution < -0.4 is 11.1 Å². The van der Waals surface area contributed by atoms with E-state index >= 15 is 0 Å². The number of carboxylic acid groups (broad SMARTS) is 1. The summed E-state index contributed by atoms with van der Waals surface area (Å²) < 4.78 is 0. The smallest absolute Gasteiger partial charge is 0.337 e. The number of hydrogen-bond acceptors (Lipinski definition) is 3. The Bertz CT molecular complexity index is 684. The van der Waals surface area contributed by atoms with Gasteiger partial charge in [-0.2, -0.15) is 0 Å². The first-order chi connectivity index (χ1) is 10.0. The number of benzene rings is 2. The van der Waals surface area contributed by atoms with Crippen LogP contribution in [-0.2, 0) is 6.54 Å². The maximum Gasteiger partial charge on any atom is 0.337 e. The average molecular weight is 305 g/mol. The van der Waals surface area contributed by atoms with Gasteiger partial charge in [-0.05, 0) is 35.9 Å². The number of hydrogen-bond donors (Lipinski definition) is 3. The largest absolute Gasteiger partial charge is 0.478 e. The molecule has 0 atom stereocenters. The molecule has 2 aromatic carbocycles. The van der Waals surface area contributed by atoms with E-state index in [0.29, 0.717) is 17.1 Å². The first-order valence-electron chi connectivity index (χ1n) is 6.14. The van der Waals surface area contributed by atoms with Crippen molar-refractivity contribution >= 4 is 29.2 Å². The van der Waals surface area contributed by atoms with Gasteiger partial charge in [-0.25, -0.2) is 4.79 Å². The molecule has 0 unspecified atom stereocenters. The molecule has 108 valence electrons. The van der Waals surface area contributed by atoms with Crippen LogP contribution in [0, 0.1) is 0 Å². The van der Waals surface area contributed by atoms with Crippen molar-refractivity contribution in [1.82, 2.24) is 0 Å². The lowest BCUT2D eigenvalue weighted by Gasteiger charge is -2.09. The quantitative estimate of drug-likeness (QED) is 0.809. The molecule has 21 heavy (non-hydrogen) atoms. The number of halogens is 1. The molecule has 0 heterocycles. The van der Waals surface area contributed by atoms with Crippen LogP contribution in [-0.4, -0.2) is 17.0 Å². The van der Waals surface area contributed by atoms with Gasteiger partial charge >= 0.3 is 5.97 Å². The molecule has 0 bridgehead atoms. The molecule has 0 aliphatic heterocycles. The Morgan fingerprint density at radius 3 is 2.38 bits per heavy atom. The van der Waals surface area contributed by atoms with Gasteiger partial charge in [-0.15, -0.1) is 0 Å². The predicted molar refractivity (Wildman–Crippen MR) is 80.7 cm³/mol. The minimum Gasteiger partial charge on any atom is -0.478 e. The highest BCUT2D eigenvalue weighted by Crippen LogP contribution is 2.22. The summed E-state index contributed by atoms with van der Waals surface area (Å²) in [5.41, 5.74) is 6.93. The normalized spacial score (nSPS) is 10.2. The van der Waals surface area contributed by atoms with Crippen molar-refractivity contribution in [1.29, 1.82) is 0 Å². The second-order valence-corrected chi connectivity index (χ2v) is 4.79. The third-order valence-corrected chi connectivity index (χ3v) is 3.15. The molecule has 6 heteroatoms. The monoisotopic (exact) mass is 304 g/mol. The van der Waals surface area contributed by atoms with Crippen molar-refractivity contribution in [3.05, 3.63) is 64.2 Å². The van der Waals surface area contributed by atoms with E-state index in [-0.39, 0.29) is 11.3 Å².